The van der Waals surface area contributed by atoms with Gasteiger partial charge in [0.1, 0.15) is 0 Å². The van der Waals surface area contributed by atoms with Crippen molar-refractivity contribution in [2.75, 3.05) is 42.6 Å². The number of H-pyrrole nitrogens is 1. The van der Waals surface area contributed by atoms with Crippen molar-refractivity contribution in [2.45, 2.75) is 39.3 Å². The number of nitrogens with one attached hydrogen (secondary N) is 1. The minimum Gasteiger partial charge on any atom is -0.377 e. The third-order valence-corrected chi connectivity index (χ3v) is 6.68. The highest BCUT2D eigenvalue weighted by Gasteiger charge is 2.35. The topological polar surface area (TPSA) is 83.3 Å². The molecule has 0 amide bonds. The van der Waals surface area contributed by atoms with E-state index in [2.05, 4.69) is 59.8 Å². The van der Waals surface area contributed by atoms with Crippen LogP contribution in [0.2, 0.25) is 0 Å². The fourth-order valence-corrected chi connectivity index (χ4v) is 4.59. The first kappa shape index (κ1) is 20.3. The summed E-state index contributed by atoms with van der Waals surface area (Å²) in [7, 11) is 0. The van der Waals surface area contributed by atoms with Crippen LogP contribution in [0.3, 0.4) is 0 Å². The number of rotatable bonds is 4. The van der Waals surface area contributed by atoms with Crippen LogP contribution >= 0.6 is 0 Å². The molecule has 1 fully saturated rings. The van der Waals surface area contributed by atoms with E-state index < -0.39 is 0 Å². The number of hydrogen-bond donors (Lipinski definition) is 2. The summed E-state index contributed by atoms with van der Waals surface area (Å²) in [5.41, 5.74) is 9.81. The molecule has 0 aliphatic carbocycles. The molecule has 1 saturated heterocycles. The van der Waals surface area contributed by atoms with Crippen LogP contribution < -0.4 is 15.5 Å². The normalized spacial score (nSPS) is 19.9. The molecular formula is C24H32N6O. The molecule has 164 valence electrons. The van der Waals surface area contributed by atoms with Crippen molar-refractivity contribution < 1.29 is 4.74 Å². The molecule has 2 aliphatic heterocycles. The molecule has 3 aromatic rings. The summed E-state index contributed by atoms with van der Waals surface area (Å²) in [4.78, 5) is 18.0. The van der Waals surface area contributed by atoms with Gasteiger partial charge in [0.2, 0.25) is 0 Å². The summed E-state index contributed by atoms with van der Waals surface area (Å²) in [5.74, 6) is 1.78. The average Bonchev–Trinajstić information content (AvgIpc) is 3.25. The smallest absolute Gasteiger partial charge is 0.162 e. The second-order valence-corrected chi connectivity index (χ2v) is 9.78. The number of hydrogen-bond acceptors (Lipinski definition) is 6. The van der Waals surface area contributed by atoms with Gasteiger partial charge in [-0.3, -0.25) is 0 Å². The largest absolute Gasteiger partial charge is 0.377 e. The van der Waals surface area contributed by atoms with E-state index in [1.54, 1.807) is 0 Å². The van der Waals surface area contributed by atoms with E-state index in [-0.39, 0.29) is 11.5 Å². The molecule has 0 radical (unpaired) electrons. The fourth-order valence-electron chi connectivity index (χ4n) is 4.59. The molecule has 31 heavy (non-hydrogen) atoms. The lowest BCUT2D eigenvalue weighted by molar-refractivity contribution is 0.0936. The summed E-state index contributed by atoms with van der Waals surface area (Å²) >= 11 is 0. The van der Waals surface area contributed by atoms with E-state index in [0.29, 0.717) is 6.04 Å². The first-order chi connectivity index (χ1) is 14.9. The number of nitrogens with two attached hydrogens (primary N) is 1. The number of aromatic nitrogens is 3. The predicted octanol–water partition coefficient (Wildman–Crippen LogP) is 3.41. The van der Waals surface area contributed by atoms with Gasteiger partial charge in [0.15, 0.2) is 11.6 Å². The lowest BCUT2D eigenvalue weighted by Crippen LogP contribution is -2.56. The maximum absolute atomic E-state index is 6.47. The molecule has 1 aromatic carbocycles. The lowest BCUT2D eigenvalue weighted by atomic mass is 9.85. The molecule has 2 atom stereocenters. The van der Waals surface area contributed by atoms with E-state index in [0.717, 1.165) is 73.1 Å². The van der Waals surface area contributed by atoms with Crippen LogP contribution in [0.5, 0.6) is 0 Å². The third kappa shape index (κ3) is 3.77. The Labute approximate surface area is 183 Å². The number of anilines is 2. The third-order valence-electron chi connectivity index (χ3n) is 6.68. The van der Waals surface area contributed by atoms with Gasteiger partial charge < -0.3 is 25.3 Å². The first-order valence-electron chi connectivity index (χ1n) is 11.2. The van der Waals surface area contributed by atoms with Gasteiger partial charge in [-0.25, -0.2) is 9.97 Å². The van der Waals surface area contributed by atoms with Crippen molar-refractivity contribution >= 4 is 22.4 Å². The standard InChI is InChI=1S/C24H32N6O/c1-24(2,3)21(25)8-10-29-14-16-15-31-12-11-30(16)23-20(29)13-27-22(28-23)18-5-4-6-19-17(18)7-9-26-19/h4-7,9,13,16,21,26H,8,10-12,14-15,25H2,1-3H3/t16-,21?/m1/s1. The maximum Gasteiger partial charge on any atom is 0.162 e. The Hall–Kier alpha value is -2.64. The summed E-state index contributed by atoms with van der Waals surface area (Å²) in [6, 6.07) is 8.76. The van der Waals surface area contributed by atoms with Crippen LogP contribution in [0.4, 0.5) is 11.5 Å². The van der Waals surface area contributed by atoms with Crippen molar-refractivity contribution in [3.05, 3.63) is 36.7 Å². The van der Waals surface area contributed by atoms with E-state index in [9.17, 15) is 0 Å². The first-order valence-corrected chi connectivity index (χ1v) is 11.2. The van der Waals surface area contributed by atoms with Gasteiger partial charge in [-0.1, -0.05) is 32.9 Å². The molecule has 4 heterocycles. The molecule has 3 N–H and O–H groups in total. The Morgan fingerprint density at radius 1 is 1.29 bits per heavy atom. The highest BCUT2D eigenvalue weighted by Crippen LogP contribution is 2.37. The SMILES string of the molecule is CC(C)(C)C(N)CCN1C[C@@H]2COCCN2c2nc(-c3cccc4[nH]ccc34)ncc21. The number of aromatic amines is 1. The van der Waals surface area contributed by atoms with Crippen molar-refractivity contribution in [3.8, 4) is 11.4 Å². The highest BCUT2D eigenvalue weighted by molar-refractivity contribution is 5.93. The maximum atomic E-state index is 6.47. The van der Waals surface area contributed by atoms with E-state index >= 15 is 0 Å². The van der Waals surface area contributed by atoms with Gasteiger partial charge >= 0.3 is 0 Å². The van der Waals surface area contributed by atoms with Gasteiger partial charge in [-0.05, 0) is 24.0 Å². The Kier molecular flexibility index (Phi) is 5.10. The minimum absolute atomic E-state index is 0.0915. The van der Waals surface area contributed by atoms with Crippen LogP contribution in [0, 0.1) is 5.41 Å². The Morgan fingerprint density at radius 2 is 2.16 bits per heavy atom. The summed E-state index contributed by atoms with van der Waals surface area (Å²) in [6.45, 7) is 10.7. The molecule has 7 heteroatoms. The highest BCUT2D eigenvalue weighted by atomic mass is 16.5. The number of benzene rings is 1. The quantitative estimate of drug-likeness (QED) is 0.673. The van der Waals surface area contributed by atoms with Gasteiger partial charge in [0, 0.05) is 48.3 Å². The monoisotopic (exact) mass is 420 g/mol. The molecule has 2 aromatic heterocycles. The van der Waals surface area contributed by atoms with Crippen molar-refractivity contribution in [3.63, 3.8) is 0 Å². The van der Waals surface area contributed by atoms with Crippen LogP contribution in [0.1, 0.15) is 27.2 Å². The summed E-state index contributed by atoms with van der Waals surface area (Å²) < 4.78 is 5.80. The van der Waals surface area contributed by atoms with Crippen LogP contribution in [0.25, 0.3) is 22.3 Å². The average molecular weight is 421 g/mol. The predicted molar refractivity (Wildman–Crippen MR) is 126 cm³/mol. The molecule has 7 nitrogen and oxygen atoms in total. The minimum atomic E-state index is 0.0915. The second-order valence-electron chi connectivity index (χ2n) is 9.78. The van der Waals surface area contributed by atoms with Crippen LogP contribution in [0.15, 0.2) is 36.7 Å². The molecule has 0 saturated carbocycles. The number of nitrogens with zero attached hydrogens (tertiary/aromatic N) is 4. The van der Waals surface area contributed by atoms with Gasteiger partial charge in [0.05, 0.1) is 31.1 Å². The number of morpholine rings is 1. The second kappa shape index (κ2) is 7.80. The molecular weight excluding hydrogens is 388 g/mol. The Morgan fingerprint density at radius 3 is 3.00 bits per heavy atom. The Bertz CT molecular complexity index is 1070. The van der Waals surface area contributed by atoms with E-state index in [1.807, 2.05) is 12.4 Å². The zero-order chi connectivity index (χ0) is 21.6. The van der Waals surface area contributed by atoms with Gasteiger partial charge in [-0.15, -0.1) is 0 Å². The zero-order valence-corrected chi connectivity index (χ0v) is 18.6. The molecule has 1 unspecified atom stereocenters. The summed E-state index contributed by atoms with van der Waals surface area (Å²) in [6.07, 6.45) is 4.89. The molecule has 5 rings (SSSR count). The molecule has 2 aliphatic rings. The lowest BCUT2D eigenvalue weighted by Gasteiger charge is -2.46. The van der Waals surface area contributed by atoms with E-state index in [4.69, 9.17) is 20.4 Å². The fraction of sp³-hybridized carbons (Fsp3) is 0.500. The number of ether oxygens (including phenoxy) is 1. The number of fused-ring (bicyclic) bond motifs is 4. The molecule has 0 spiro atoms. The Balaban J connectivity index is 1.51. The van der Waals surface area contributed by atoms with Crippen LogP contribution in [-0.4, -0.2) is 59.9 Å². The van der Waals surface area contributed by atoms with Crippen LogP contribution in [-0.2, 0) is 4.74 Å². The molecule has 0 bridgehead atoms. The van der Waals surface area contributed by atoms with Gasteiger partial charge in [0.25, 0.3) is 0 Å². The van der Waals surface area contributed by atoms with E-state index in [1.165, 1.54) is 0 Å². The van der Waals surface area contributed by atoms with Crippen molar-refractivity contribution in [1.82, 2.24) is 15.0 Å². The van der Waals surface area contributed by atoms with Crippen molar-refractivity contribution in [1.29, 1.82) is 0 Å². The van der Waals surface area contributed by atoms with Crippen molar-refractivity contribution in [2.24, 2.45) is 11.1 Å². The van der Waals surface area contributed by atoms with Gasteiger partial charge in [-0.2, -0.15) is 0 Å². The zero-order valence-electron chi connectivity index (χ0n) is 18.6. The summed E-state index contributed by atoms with van der Waals surface area (Å²) in [5, 5.41) is 1.14.